The van der Waals surface area contributed by atoms with Gasteiger partial charge in [-0.05, 0) is 11.1 Å². The molecule has 2 aromatic rings. The largest absolute Gasteiger partial charge is 0.387 e. The highest BCUT2D eigenvalue weighted by molar-refractivity contribution is 5.15. The highest BCUT2D eigenvalue weighted by atomic mass is 16.6. The highest BCUT2D eigenvalue weighted by Crippen LogP contribution is 2.27. The first-order valence-corrected chi connectivity index (χ1v) is 8.61. The molecular weight excluding hydrogens is 336 g/mol. The predicted molar refractivity (Wildman–Crippen MR) is 94.1 cm³/mol. The zero-order valence-corrected chi connectivity index (χ0v) is 14.3. The first kappa shape index (κ1) is 19.0. The Kier molecular flexibility index (Phi) is 6.37. The number of aliphatic hydroxyl groups excluding tert-OH is 4. The molecule has 0 amide bonds. The van der Waals surface area contributed by atoms with Crippen molar-refractivity contribution in [2.75, 3.05) is 0 Å². The van der Waals surface area contributed by atoms with Crippen LogP contribution in [0.15, 0.2) is 60.7 Å². The number of hydrogen-bond acceptors (Lipinski definition) is 6. The number of benzene rings is 2. The molecule has 1 aliphatic carbocycles. The van der Waals surface area contributed by atoms with Crippen LogP contribution in [0.25, 0.3) is 0 Å². The van der Waals surface area contributed by atoms with Crippen LogP contribution >= 0.6 is 0 Å². The van der Waals surface area contributed by atoms with Crippen LogP contribution in [0.2, 0.25) is 0 Å². The van der Waals surface area contributed by atoms with Gasteiger partial charge in [-0.25, -0.2) is 0 Å². The Morgan fingerprint density at radius 1 is 0.538 bits per heavy atom. The second-order valence-corrected chi connectivity index (χ2v) is 6.48. The third-order valence-electron chi connectivity index (χ3n) is 4.62. The molecule has 1 fully saturated rings. The molecule has 0 spiro atoms. The lowest BCUT2D eigenvalue weighted by Gasteiger charge is -2.43. The molecule has 0 bridgehead atoms. The Bertz CT molecular complexity index is 605. The second kappa shape index (κ2) is 8.73. The summed E-state index contributed by atoms with van der Waals surface area (Å²) in [6, 6.07) is 18.7. The standard InChI is InChI=1S/C20H24O6/c21-15-16(22)18(24)20(26-12-14-9-5-2-6-10-14)19(17(15)23)25-11-13-7-3-1-4-8-13/h1-10,15-24H,11-12H2/t15-,16-,17-,18-,19+,20+/m0/s1. The van der Waals surface area contributed by atoms with Gasteiger partial charge in [-0.3, -0.25) is 0 Å². The van der Waals surface area contributed by atoms with E-state index in [9.17, 15) is 20.4 Å². The molecule has 0 heterocycles. The molecule has 26 heavy (non-hydrogen) atoms. The van der Waals surface area contributed by atoms with Gasteiger partial charge in [0, 0.05) is 0 Å². The molecule has 0 aromatic heterocycles. The topological polar surface area (TPSA) is 99.4 Å². The fourth-order valence-electron chi connectivity index (χ4n) is 3.10. The molecule has 0 saturated heterocycles. The molecule has 4 N–H and O–H groups in total. The number of rotatable bonds is 6. The summed E-state index contributed by atoms with van der Waals surface area (Å²) in [6.07, 6.45) is -7.74. The van der Waals surface area contributed by atoms with Crippen LogP contribution in [0.5, 0.6) is 0 Å². The van der Waals surface area contributed by atoms with E-state index in [1.54, 1.807) is 0 Å². The minimum atomic E-state index is -1.51. The minimum absolute atomic E-state index is 0.184. The zero-order chi connectivity index (χ0) is 18.5. The summed E-state index contributed by atoms with van der Waals surface area (Å²) in [7, 11) is 0. The van der Waals surface area contributed by atoms with Gasteiger partial charge in [-0.15, -0.1) is 0 Å². The molecule has 140 valence electrons. The summed E-state index contributed by atoms with van der Waals surface area (Å²) >= 11 is 0. The normalized spacial score (nSPS) is 31.7. The smallest absolute Gasteiger partial charge is 0.115 e. The molecule has 1 saturated carbocycles. The molecule has 2 aromatic carbocycles. The van der Waals surface area contributed by atoms with Crippen LogP contribution in [0.4, 0.5) is 0 Å². The maximum Gasteiger partial charge on any atom is 0.115 e. The van der Waals surface area contributed by atoms with Gasteiger partial charge in [0.15, 0.2) is 0 Å². The molecule has 0 radical (unpaired) electrons. The summed E-state index contributed by atoms with van der Waals surface area (Å²) in [5.41, 5.74) is 1.77. The van der Waals surface area contributed by atoms with Crippen LogP contribution < -0.4 is 0 Å². The van der Waals surface area contributed by atoms with Gasteiger partial charge in [-0.2, -0.15) is 0 Å². The summed E-state index contributed by atoms with van der Waals surface area (Å²) in [6.45, 7) is 0.368. The van der Waals surface area contributed by atoms with Crippen molar-refractivity contribution in [3.63, 3.8) is 0 Å². The maximum absolute atomic E-state index is 10.3. The van der Waals surface area contributed by atoms with E-state index < -0.39 is 36.6 Å². The van der Waals surface area contributed by atoms with Gasteiger partial charge in [0.2, 0.25) is 0 Å². The molecule has 6 atom stereocenters. The Hall–Kier alpha value is -1.80. The van der Waals surface area contributed by atoms with Crippen LogP contribution in [0, 0.1) is 0 Å². The van der Waals surface area contributed by atoms with Gasteiger partial charge >= 0.3 is 0 Å². The van der Waals surface area contributed by atoms with Crippen LogP contribution in [0.3, 0.4) is 0 Å². The lowest BCUT2D eigenvalue weighted by Crippen LogP contribution is -2.64. The van der Waals surface area contributed by atoms with Crippen molar-refractivity contribution in [3.8, 4) is 0 Å². The number of ether oxygens (including phenoxy) is 2. The second-order valence-electron chi connectivity index (χ2n) is 6.48. The lowest BCUT2D eigenvalue weighted by molar-refractivity contribution is -0.251. The van der Waals surface area contributed by atoms with E-state index in [1.807, 2.05) is 60.7 Å². The fraction of sp³-hybridized carbons (Fsp3) is 0.400. The molecule has 3 rings (SSSR count). The Balaban J connectivity index is 1.72. The summed E-state index contributed by atoms with van der Waals surface area (Å²) in [5.74, 6) is 0. The predicted octanol–water partition coefficient (Wildman–Crippen LogP) is 0.614. The number of hydrogen-bond donors (Lipinski definition) is 4. The Morgan fingerprint density at radius 3 is 1.23 bits per heavy atom. The number of aliphatic hydroxyl groups is 4. The van der Waals surface area contributed by atoms with Crippen molar-refractivity contribution in [2.45, 2.75) is 49.8 Å². The van der Waals surface area contributed by atoms with E-state index in [1.165, 1.54) is 0 Å². The maximum atomic E-state index is 10.3. The van der Waals surface area contributed by atoms with E-state index in [2.05, 4.69) is 0 Å². The van der Waals surface area contributed by atoms with Crippen LogP contribution in [-0.4, -0.2) is 57.0 Å². The van der Waals surface area contributed by atoms with Crippen molar-refractivity contribution >= 4 is 0 Å². The first-order chi connectivity index (χ1) is 12.6. The average Bonchev–Trinajstić information content (AvgIpc) is 2.69. The van der Waals surface area contributed by atoms with E-state index >= 15 is 0 Å². The van der Waals surface area contributed by atoms with Gasteiger partial charge in [0.1, 0.15) is 36.6 Å². The van der Waals surface area contributed by atoms with E-state index in [4.69, 9.17) is 9.47 Å². The summed E-state index contributed by atoms with van der Waals surface area (Å²) in [5, 5.41) is 40.7. The first-order valence-electron chi connectivity index (χ1n) is 8.61. The molecule has 0 unspecified atom stereocenters. The quantitative estimate of drug-likeness (QED) is 0.603. The fourth-order valence-corrected chi connectivity index (χ4v) is 3.10. The van der Waals surface area contributed by atoms with Crippen molar-refractivity contribution in [1.82, 2.24) is 0 Å². The molecule has 1 aliphatic rings. The molecule has 6 heteroatoms. The monoisotopic (exact) mass is 360 g/mol. The van der Waals surface area contributed by atoms with E-state index in [0.717, 1.165) is 11.1 Å². The molecule has 6 nitrogen and oxygen atoms in total. The third-order valence-corrected chi connectivity index (χ3v) is 4.62. The lowest BCUT2D eigenvalue weighted by atomic mass is 9.84. The molecular formula is C20H24O6. The van der Waals surface area contributed by atoms with Crippen molar-refractivity contribution in [1.29, 1.82) is 0 Å². The van der Waals surface area contributed by atoms with E-state index in [0.29, 0.717) is 0 Å². The Labute approximate surface area is 152 Å². The van der Waals surface area contributed by atoms with Crippen molar-refractivity contribution in [3.05, 3.63) is 71.8 Å². The Morgan fingerprint density at radius 2 is 0.885 bits per heavy atom. The zero-order valence-electron chi connectivity index (χ0n) is 14.3. The summed E-state index contributed by atoms with van der Waals surface area (Å²) in [4.78, 5) is 0. The van der Waals surface area contributed by atoms with Gasteiger partial charge in [0.05, 0.1) is 13.2 Å². The van der Waals surface area contributed by atoms with Crippen LogP contribution in [0.1, 0.15) is 11.1 Å². The van der Waals surface area contributed by atoms with E-state index in [-0.39, 0.29) is 13.2 Å². The van der Waals surface area contributed by atoms with Crippen molar-refractivity contribution < 1.29 is 29.9 Å². The van der Waals surface area contributed by atoms with Gasteiger partial charge in [0.25, 0.3) is 0 Å². The SMILES string of the molecule is O[C@H]1[C@H](O)[C@H](O)[C@@H](OCc2ccccc2)[C@H](OCc2ccccc2)[C@H]1O. The van der Waals surface area contributed by atoms with Gasteiger partial charge < -0.3 is 29.9 Å². The average molecular weight is 360 g/mol. The minimum Gasteiger partial charge on any atom is -0.387 e. The molecule has 0 aliphatic heterocycles. The van der Waals surface area contributed by atoms with Gasteiger partial charge in [-0.1, -0.05) is 60.7 Å². The van der Waals surface area contributed by atoms with Crippen LogP contribution in [-0.2, 0) is 22.7 Å². The third kappa shape index (κ3) is 4.29. The highest BCUT2D eigenvalue weighted by Gasteiger charge is 2.50. The summed E-state index contributed by atoms with van der Waals surface area (Å²) < 4.78 is 11.5. The van der Waals surface area contributed by atoms with Crippen molar-refractivity contribution in [2.24, 2.45) is 0 Å².